The zero-order valence-corrected chi connectivity index (χ0v) is 15.9. The molecule has 8 heteroatoms. The Morgan fingerprint density at radius 1 is 1.15 bits per heavy atom. The van der Waals surface area contributed by atoms with Crippen LogP contribution >= 0.6 is 23.4 Å². The minimum absolute atomic E-state index is 0.00889. The maximum Gasteiger partial charge on any atom is 0.234 e. The zero-order chi connectivity index (χ0) is 19.2. The summed E-state index contributed by atoms with van der Waals surface area (Å²) in [6.07, 6.45) is 0. The number of methoxy groups -OCH3 is 1. The fourth-order valence-corrected chi connectivity index (χ4v) is 2.95. The lowest BCUT2D eigenvalue weighted by molar-refractivity contribution is -0.113. The molecular formula is C19H15ClFN3O2S. The molecule has 5 nitrogen and oxygen atoms in total. The van der Waals surface area contributed by atoms with Crippen molar-refractivity contribution in [1.29, 1.82) is 0 Å². The molecule has 27 heavy (non-hydrogen) atoms. The van der Waals surface area contributed by atoms with Crippen LogP contribution < -0.4 is 10.1 Å². The van der Waals surface area contributed by atoms with Gasteiger partial charge in [-0.2, -0.15) is 0 Å². The Balaban J connectivity index is 1.56. The molecule has 138 valence electrons. The molecule has 2 aromatic carbocycles. The van der Waals surface area contributed by atoms with E-state index in [9.17, 15) is 9.18 Å². The number of ether oxygens (including phenoxy) is 1. The predicted octanol–water partition coefficient (Wildman–Crippen LogP) is 4.68. The third-order valence-corrected chi connectivity index (χ3v) is 4.81. The first-order valence-electron chi connectivity index (χ1n) is 7.91. The minimum atomic E-state index is -0.581. The van der Waals surface area contributed by atoms with Gasteiger partial charge < -0.3 is 10.1 Å². The summed E-state index contributed by atoms with van der Waals surface area (Å²) < 4.78 is 18.5. The Hall–Kier alpha value is -2.64. The number of carbonyl (C=O) groups is 1. The fraction of sp³-hybridized carbons (Fsp3) is 0.105. The van der Waals surface area contributed by atoms with Crippen LogP contribution in [0.2, 0.25) is 5.02 Å². The van der Waals surface area contributed by atoms with Gasteiger partial charge in [0, 0.05) is 11.3 Å². The monoisotopic (exact) mass is 403 g/mol. The van der Waals surface area contributed by atoms with Crippen molar-refractivity contribution >= 4 is 35.0 Å². The van der Waals surface area contributed by atoms with Gasteiger partial charge in [0.1, 0.15) is 16.6 Å². The summed E-state index contributed by atoms with van der Waals surface area (Å²) in [5, 5.41) is 11.5. The smallest absolute Gasteiger partial charge is 0.234 e. The maximum absolute atomic E-state index is 13.4. The van der Waals surface area contributed by atoms with E-state index in [0.29, 0.717) is 10.7 Å². The number of carbonyl (C=O) groups excluding carboxylic acids is 1. The van der Waals surface area contributed by atoms with Gasteiger partial charge in [-0.25, -0.2) is 4.39 Å². The number of benzene rings is 2. The molecule has 0 bridgehead atoms. The zero-order valence-electron chi connectivity index (χ0n) is 14.3. The van der Waals surface area contributed by atoms with E-state index < -0.39 is 5.82 Å². The van der Waals surface area contributed by atoms with Crippen LogP contribution in [0.5, 0.6) is 5.75 Å². The number of rotatable bonds is 6. The molecule has 1 aromatic heterocycles. The maximum atomic E-state index is 13.4. The van der Waals surface area contributed by atoms with Crippen LogP contribution in [0.1, 0.15) is 0 Å². The second-order valence-electron chi connectivity index (χ2n) is 5.45. The summed E-state index contributed by atoms with van der Waals surface area (Å²) in [5.41, 5.74) is 1.99. The van der Waals surface area contributed by atoms with E-state index in [2.05, 4.69) is 15.5 Å². The molecule has 0 saturated heterocycles. The van der Waals surface area contributed by atoms with E-state index in [4.69, 9.17) is 16.3 Å². The Morgan fingerprint density at radius 3 is 2.56 bits per heavy atom. The van der Waals surface area contributed by atoms with Crippen molar-refractivity contribution in [3.63, 3.8) is 0 Å². The normalized spacial score (nSPS) is 10.5. The Kier molecular flexibility index (Phi) is 6.26. The predicted molar refractivity (Wildman–Crippen MR) is 105 cm³/mol. The quantitative estimate of drug-likeness (QED) is 0.605. The molecule has 0 fully saturated rings. The summed E-state index contributed by atoms with van der Waals surface area (Å²) in [5.74, 6) is 0.0381. The van der Waals surface area contributed by atoms with Crippen molar-refractivity contribution < 1.29 is 13.9 Å². The van der Waals surface area contributed by atoms with Gasteiger partial charge in [0.2, 0.25) is 5.91 Å². The average Bonchev–Trinajstić information content (AvgIpc) is 2.70. The molecule has 1 N–H and O–H groups in total. The number of nitrogens with zero attached hydrogens (tertiary/aromatic N) is 2. The van der Waals surface area contributed by atoms with Crippen molar-refractivity contribution in [2.45, 2.75) is 5.03 Å². The standard InChI is InChI=1S/C19H15ClFN3O2S/c1-26-14-5-2-12(3-6-14)17-8-9-19(24-23-17)27-11-18(25)22-13-4-7-15(20)16(21)10-13/h2-10H,11H2,1H3,(H,22,25). The van der Waals surface area contributed by atoms with Crippen LogP contribution in [0.3, 0.4) is 0 Å². The number of amides is 1. The van der Waals surface area contributed by atoms with Gasteiger partial charge >= 0.3 is 0 Å². The van der Waals surface area contributed by atoms with Crippen LogP contribution in [0, 0.1) is 5.82 Å². The average molecular weight is 404 g/mol. The highest BCUT2D eigenvalue weighted by atomic mass is 35.5. The Bertz CT molecular complexity index is 937. The Morgan fingerprint density at radius 2 is 1.93 bits per heavy atom. The first kappa shape index (κ1) is 19.1. The number of halogens is 2. The number of hydrogen-bond acceptors (Lipinski definition) is 5. The highest BCUT2D eigenvalue weighted by Gasteiger charge is 2.08. The number of anilines is 1. The summed E-state index contributed by atoms with van der Waals surface area (Å²) in [4.78, 5) is 12.0. The van der Waals surface area contributed by atoms with Gasteiger partial charge in [0.25, 0.3) is 0 Å². The largest absolute Gasteiger partial charge is 0.497 e. The second-order valence-corrected chi connectivity index (χ2v) is 6.85. The Labute approximate surface area is 164 Å². The van der Waals surface area contributed by atoms with E-state index in [1.807, 2.05) is 30.3 Å². The lowest BCUT2D eigenvalue weighted by Crippen LogP contribution is -2.14. The lowest BCUT2D eigenvalue weighted by atomic mass is 10.1. The number of thioether (sulfide) groups is 1. The highest BCUT2D eigenvalue weighted by molar-refractivity contribution is 7.99. The minimum Gasteiger partial charge on any atom is -0.497 e. The van der Waals surface area contributed by atoms with Gasteiger partial charge in [0.05, 0.1) is 23.6 Å². The first-order chi connectivity index (χ1) is 13.0. The van der Waals surface area contributed by atoms with Crippen molar-refractivity contribution in [2.75, 3.05) is 18.2 Å². The van der Waals surface area contributed by atoms with Gasteiger partial charge in [-0.05, 0) is 54.6 Å². The number of hydrogen-bond donors (Lipinski definition) is 1. The molecule has 0 spiro atoms. The molecule has 3 aromatic rings. The van der Waals surface area contributed by atoms with E-state index in [1.54, 1.807) is 13.2 Å². The lowest BCUT2D eigenvalue weighted by Gasteiger charge is -2.06. The molecule has 0 saturated carbocycles. The van der Waals surface area contributed by atoms with E-state index >= 15 is 0 Å². The van der Waals surface area contributed by atoms with Crippen molar-refractivity contribution in [2.24, 2.45) is 0 Å². The molecular weight excluding hydrogens is 389 g/mol. The summed E-state index contributed by atoms with van der Waals surface area (Å²) in [7, 11) is 1.61. The van der Waals surface area contributed by atoms with Crippen molar-refractivity contribution in [3.05, 3.63) is 65.4 Å². The number of aromatic nitrogens is 2. The SMILES string of the molecule is COc1ccc(-c2ccc(SCC(=O)Nc3ccc(Cl)c(F)c3)nn2)cc1. The molecule has 0 atom stereocenters. The first-order valence-corrected chi connectivity index (χ1v) is 9.27. The van der Waals surface area contributed by atoms with Gasteiger partial charge in [-0.3, -0.25) is 4.79 Å². The summed E-state index contributed by atoms with van der Waals surface area (Å²) in [6.45, 7) is 0. The van der Waals surface area contributed by atoms with Crippen LogP contribution in [-0.2, 0) is 4.79 Å². The van der Waals surface area contributed by atoms with Crippen LogP contribution in [0.4, 0.5) is 10.1 Å². The molecule has 3 rings (SSSR count). The molecule has 0 radical (unpaired) electrons. The third kappa shape index (κ3) is 5.18. The molecule has 1 amide bonds. The molecule has 0 aliphatic heterocycles. The van der Waals surface area contributed by atoms with E-state index in [0.717, 1.165) is 17.0 Å². The van der Waals surface area contributed by atoms with Crippen LogP contribution in [0.15, 0.2) is 59.6 Å². The van der Waals surface area contributed by atoms with Crippen LogP contribution in [0.25, 0.3) is 11.3 Å². The fourth-order valence-electron chi connectivity index (χ4n) is 2.22. The van der Waals surface area contributed by atoms with E-state index in [-0.39, 0.29) is 16.7 Å². The van der Waals surface area contributed by atoms with E-state index in [1.165, 1.54) is 30.0 Å². The van der Waals surface area contributed by atoms with Crippen molar-refractivity contribution in [1.82, 2.24) is 10.2 Å². The molecule has 0 aliphatic carbocycles. The van der Waals surface area contributed by atoms with Gasteiger partial charge in [-0.15, -0.1) is 10.2 Å². The summed E-state index contributed by atoms with van der Waals surface area (Å²) >= 11 is 6.86. The highest BCUT2D eigenvalue weighted by Crippen LogP contribution is 2.23. The van der Waals surface area contributed by atoms with Crippen molar-refractivity contribution in [3.8, 4) is 17.0 Å². The van der Waals surface area contributed by atoms with Gasteiger partial charge in [-0.1, -0.05) is 23.4 Å². The topological polar surface area (TPSA) is 64.1 Å². The molecule has 0 unspecified atom stereocenters. The molecule has 1 heterocycles. The van der Waals surface area contributed by atoms with Crippen LogP contribution in [-0.4, -0.2) is 29.0 Å². The second kappa shape index (κ2) is 8.83. The van der Waals surface area contributed by atoms with Gasteiger partial charge in [0.15, 0.2) is 0 Å². The third-order valence-electron chi connectivity index (χ3n) is 3.58. The molecule has 0 aliphatic rings. The number of nitrogens with one attached hydrogen (secondary N) is 1. The summed E-state index contributed by atoms with van der Waals surface area (Å²) in [6, 6.07) is 15.2.